The minimum Gasteiger partial charge on any atom is -0.867 e. The molecular formula is C7H4N2O3. The molecular weight excluding hydrogens is 160 g/mol. The minimum atomic E-state index is -1.18. The number of hydrogen-bond acceptors (Lipinski definition) is 3. The number of benzene rings is 1. The molecule has 0 saturated carbocycles. The number of carboxylic acids is 1. The molecule has 0 spiro atoms. The molecule has 5 nitrogen and oxygen atoms in total. The van der Waals surface area contributed by atoms with E-state index in [-0.39, 0.29) is 11.3 Å². The van der Waals surface area contributed by atoms with Gasteiger partial charge in [0.25, 0.3) is 0 Å². The lowest BCUT2D eigenvalue weighted by atomic mass is 10.2. The van der Waals surface area contributed by atoms with Gasteiger partial charge < -0.3 is 10.2 Å². The van der Waals surface area contributed by atoms with E-state index in [1.807, 2.05) is 0 Å². The zero-order valence-corrected chi connectivity index (χ0v) is 5.89. The molecule has 0 heterocycles. The van der Waals surface area contributed by atoms with Gasteiger partial charge >= 0.3 is 11.7 Å². The van der Waals surface area contributed by atoms with E-state index in [1.54, 1.807) is 0 Å². The van der Waals surface area contributed by atoms with Crippen molar-refractivity contribution in [2.45, 2.75) is 0 Å². The summed E-state index contributed by atoms with van der Waals surface area (Å²) in [5.74, 6) is -1.80. The molecule has 0 radical (unpaired) electrons. The van der Waals surface area contributed by atoms with E-state index < -0.39 is 11.7 Å². The number of diazo groups is 1. The fourth-order valence-electron chi connectivity index (χ4n) is 0.730. The van der Waals surface area contributed by atoms with Crippen molar-refractivity contribution in [1.82, 2.24) is 0 Å². The maximum atomic E-state index is 10.9. The number of carboxylic acid groups (broad SMARTS) is 1. The molecule has 1 N–H and O–H groups in total. The molecule has 1 rings (SSSR count). The van der Waals surface area contributed by atoms with Crippen molar-refractivity contribution in [3.05, 3.63) is 28.7 Å². The van der Waals surface area contributed by atoms with Crippen molar-refractivity contribution in [3.63, 3.8) is 0 Å². The first-order valence-electron chi connectivity index (χ1n) is 3.04. The van der Waals surface area contributed by atoms with Crippen LogP contribution in [0, 0.1) is 5.39 Å². The number of nitrogens with zero attached hydrogens (tertiary/aromatic N) is 2. The average Bonchev–Trinajstić information content (AvgIpc) is 2.04. The van der Waals surface area contributed by atoms with Crippen LogP contribution in [0.4, 0.5) is 5.69 Å². The summed E-state index contributed by atoms with van der Waals surface area (Å²) in [6, 6.07) is 3.24. The highest BCUT2D eigenvalue weighted by Crippen LogP contribution is 2.23. The highest BCUT2D eigenvalue weighted by Gasteiger charge is 2.09. The van der Waals surface area contributed by atoms with Crippen molar-refractivity contribution < 1.29 is 15.0 Å². The van der Waals surface area contributed by atoms with Crippen molar-refractivity contribution >= 4 is 11.7 Å². The third-order valence-electron chi connectivity index (χ3n) is 1.31. The van der Waals surface area contributed by atoms with Crippen LogP contribution in [0.2, 0.25) is 0 Å². The standard InChI is InChI=1S/C7H4N2O3/c8-9-5-2-1-4(7(11)12)3-6(5)10/h1-3H,(H-,10,11,12). The summed E-state index contributed by atoms with van der Waals surface area (Å²) in [5.41, 5.74) is -0.285. The second-order valence-electron chi connectivity index (χ2n) is 2.09. The van der Waals surface area contributed by atoms with Crippen LogP contribution in [-0.2, 0) is 0 Å². The Bertz CT molecular complexity index is 367. The Labute approximate surface area is 67.5 Å². The zero-order chi connectivity index (χ0) is 9.14. The molecule has 0 aromatic heterocycles. The van der Waals surface area contributed by atoms with Gasteiger partial charge in [0.2, 0.25) is 5.39 Å². The summed E-state index contributed by atoms with van der Waals surface area (Å²) in [6.07, 6.45) is 0. The van der Waals surface area contributed by atoms with Crippen LogP contribution >= 0.6 is 0 Å². The minimum absolute atomic E-state index is 0.118. The molecule has 0 fully saturated rings. The van der Waals surface area contributed by atoms with Crippen molar-refractivity contribution in [2.75, 3.05) is 0 Å². The van der Waals surface area contributed by atoms with E-state index in [2.05, 4.69) is 4.98 Å². The first kappa shape index (κ1) is 8.01. The highest BCUT2D eigenvalue weighted by atomic mass is 16.4. The molecule has 1 aromatic rings. The lowest BCUT2D eigenvalue weighted by Gasteiger charge is -2.00. The maximum Gasteiger partial charge on any atom is 0.377 e. The molecule has 0 unspecified atom stereocenters. The molecule has 0 saturated heterocycles. The topological polar surface area (TPSA) is 88.5 Å². The monoisotopic (exact) mass is 164 g/mol. The summed E-state index contributed by atoms with van der Waals surface area (Å²) in [6.45, 7) is 0. The quantitative estimate of drug-likeness (QED) is 0.625. The molecule has 0 aliphatic carbocycles. The highest BCUT2D eigenvalue weighted by molar-refractivity contribution is 5.89. The third kappa shape index (κ3) is 1.32. The predicted molar refractivity (Wildman–Crippen MR) is 37.6 cm³/mol. The molecule has 0 amide bonds. The summed E-state index contributed by atoms with van der Waals surface area (Å²) in [7, 11) is 0. The maximum absolute atomic E-state index is 10.9. The summed E-state index contributed by atoms with van der Waals surface area (Å²) in [5, 5.41) is 27.5. The van der Waals surface area contributed by atoms with Gasteiger partial charge in [-0.15, -0.1) is 0 Å². The summed E-state index contributed by atoms with van der Waals surface area (Å²) >= 11 is 0. The smallest absolute Gasteiger partial charge is 0.377 e. The van der Waals surface area contributed by atoms with Gasteiger partial charge in [0.1, 0.15) is 0 Å². The molecule has 12 heavy (non-hydrogen) atoms. The van der Waals surface area contributed by atoms with E-state index in [4.69, 9.17) is 10.5 Å². The lowest BCUT2D eigenvalue weighted by molar-refractivity contribution is -0.266. The molecule has 5 heteroatoms. The van der Waals surface area contributed by atoms with Gasteiger partial charge in [0.05, 0.1) is 5.56 Å². The van der Waals surface area contributed by atoms with E-state index in [0.29, 0.717) is 0 Å². The first-order chi connectivity index (χ1) is 5.65. The van der Waals surface area contributed by atoms with Crippen molar-refractivity contribution in [3.8, 4) is 5.75 Å². The zero-order valence-electron chi connectivity index (χ0n) is 5.89. The van der Waals surface area contributed by atoms with Crippen LogP contribution in [-0.4, -0.2) is 11.1 Å². The van der Waals surface area contributed by atoms with Crippen LogP contribution < -0.4 is 5.11 Å². The van der Waals surface area contributed by atoms with Crippen molar-refractivity contribution in [2.24, 2.45) is 0 Å². The summed E-state index contributed by atoms with van der Waals surface area (Å²) < 4.78 is 0. The molecule has 0 aliphatic rings. The van der Waals surface area contributed by atoms with Crippen LogP contribution in [0.15, 0.2) is 18.2 Å². The Kier molecular flexibility index (Phi) is 1.92. The van der Waals surface area contributed by atoms with E-state index in [1.165, 1.54) is 6.07 Å². The van der Waals surface area contributed by atoms with Gasteiger partial charge in [-0.3, -0.25) is 0 Å². The fourth-order valence-corrected chi connectivity index (χ4v) is 0.730. The number of aromatic carboxylic acids is 1. The Morgan fingerprint density at radius 3 is 2.67 bits per heavy atom. The van der Waals surface area contributed by atoms with Crippen LogP contribution in [0.25, 0.3) is 4.98 Å². The largest absolute Gasteiger partial charge is 0.867 e. The van der Waals surface area contributed by atoms with E-state index >= 15 is 0 Å². The Morgan fingerprint density at radius 2 is 2.25 bits per heavy atom. The normalized spacial score (nSPS) is 8.92. The fraction of sp³-hybridized carbons (Fsp3) is 0. The molecule has 0 bridgehead atoms. The number of carbonyl (C=O) groups is 1. The predicted octanol–water partition coefficient (Wildman–Crippen LogP) is 0.943. The Morgan fingerprint density at radius 1 is 1.58 bits per heavy atom. The van der Waals surface area contributed by atoms with Crippen LogP contribution in [0.3, 0.4) is 0 Å². The van der Waals surface area contributed by atoms with E-state index in [9.17, 15) is 9.90 Å². The molecule has 0 atom stereocenters. The second-order valence-corrected chi connectivity index (χ2v) is 2.09. The van der Waals surface area contributed by atoms with Gasteiger partial charge in [0.15, 0.2) is 4.98 Å². The Hall–Kier alpha value is -2.09. The Balaban J connectivity index is 3.21. The molecule has 60 valence electrons. The molecule has 1 aromatic carbocycles. The second kappa shape index (κ2) is 2.88. The van der Waals surface area contributed by atoms with Crippen molar-refractivity contribution in [1.29, 1.82) is 5.39 Å². The number of rotatable bonds is 1. The number of hydrogen-bond donors (Lipinski definition) is 1. The summed E-state index contributed by atoms with van der Waals surface area (Å²) in [4.78, 5) is 13.0. The lowest BCUT2D eigenvalue weighted by Crippen LogP contribution is -1.98. The van der Waals surface area contributed by atoms with Gasteiger partial charge in [-0.25, -0.2) is 4.79 Å². The van der Waals surface area contributed by atoms with Gasteiger partial charge in [0, 0.05) is 6.07 Å². The van der Waals surface area contributed by atoms with Crippen LogP contribution in [0.1, 0.15) is 10.4 Å². The van der Waals surface area contributed by atoms with Crippen LogP contribution in [0.5, 0.6) is 5.75 Å². The van der Waals surface area contributed by atoms with E-state index in [0.717, 1.165) is 12.1 Å². The average molecular weight is 164 g/mol. The van der Waals surface area contributed by atoms with Gasteiger partial charge in [-0.2, -0.15) is 0 Å². The molecule has 0 aliphatic heterocycles. The SMILES string of the molecule is N#[N+]c1ccc(C(=O)O)cc1[O-]. The van der Waals surface area contributed by atoms with Gasteiger partial charge in [-0.1, -0.05) is 0 Å². The third-order valence-corrected chi connectivity index (χ3v) is 1.31. The van der Waals surface area contributed by atoms with Gasteiger partial charge in [-0.05, 0) is 17.9 Å². The first-order valence-corrected chi connectivity index (χ1v) is 3.04.